The van der Waals surface area contributed by atoms with Crippen LogP contribution in [0.4, 0.5) is 4.39 Å². The van der Waals surface area contributed by atoms with Gasteiger partial charge in [-0.15, -0.1) is 11.3 Å². The summed E-state index contributed by atoms with van der Waals surface area (Å²) in [6.07, 6.45) is 0. The molecule has 0 bridgehead atoms. The Bertz CT molecular complexity index is 614. The van der Waals surface area contributed by atoms with Crippen LogP contribution in [0.1, 0.15) is 16.5 Å². The van der Waals surface area contributed by atoms with Crippen LogP contribution in [0.5, 0.6) is 5.75 Å². The SMILES string of the molecule is Oc1c([C@H](c2cccs2)N2CCNCC2)ccc(F)c1Br. The largest absolute Gasteiger partial charge is 0.506 e. The number of nitrogens with zero attached hydrogens (tertiary/aromatic N) is 1. The highest BCUT2D eigenvalue weighted by Gasteiger charge is 2.28. The highest BCUT2D eigenvalue weighted by molar-refractivity contribution is 9.10. The summed E-state index contributed by atoms with van der Waals surface area (Å²) in [6.45, 7) is 3.64. The van der Waals surface area contributed by atoms with Gasteiger partial charge in [-0.05, 0) is 33.4 Å². The van der Waals surface area contributed by atoms with Gasteiger partial charge in [0.2, 0.25) is 0 Å². The molecule has 0 amide bonds. The molecule has 2 N–H and O–H groups in total. The number of rotatable bonds is 3. The smallest absolute Gasteiger partial charge is 0.141 e. The van der Waals surface area contributed by atoms with E-state index >= 15 is 0 Å². The third-order valence-corrected chi connectivity index (χ3v) is 5.40. The molecule has 3 rings (SSSR count). The van der Waals surface area contributed by atoms with Crippen molar-refractivity contribution in [3.05, 3.63) is 50.4 Å². The van der Waals surface area contributed by atoms with Gasteiger partial charge in [0.15, 0.2) is 0 Å². The maximum atomic E-state index is 13.6. The fourth-order valence-electron chi connectivity index (χ4n) is 2.69. The van der Waals surface area contributed by atoms with E-state index < -0.39 is 5.82 Å². The molecule has 1 aliphatic rings. The highest BCUT2D eigenvalue weighted by Crippen LogP contribution is 2.40. The minimum Gasteiger partial charge on any atom is -0.506 e. The standard InChI is InChI=1S/C15H16BrFN2OS/c16-13-11(17)4-3-10(15(13)20)14(12-2-1-9-21-12)19-7-5-18-6-8-19/h1-4,9,14,18,20H,5-8H2/t14-/m1/s1. The Kier molecular flexibility index (Phi) is 4.59. The van der Waals surface area contributed by atoms with Crippen LogP contribution < -0.4 is 5.32 Å². The summed E-state index contributed by atoms with van der Waals surface area (Å²) in [5, 5.41) is 15.7. The Morgan fingerprint density at radius 3 is 2.71 bits per heavy atom. The van der Waals surface area contributed by atoms with E-state index in [0.717, 1.165) is 36.6 Å². The van der Waals surface area contributed by atoms with Gasteiger partial charge in [-0.3, -0.25) is 4.90 Å². The van der Waals surface area contributed by atoms with Crippen molar-refractivity contribution < 1.29 is 9.50 Å². The van der Waals surface area contributed by atoms with Crippen LogP contribution in [0.2, 0.25) is 0 Å². The lowest BCUT2D eigenvalue weighted by molar-refractivity contribution is 0.198. The molecule has 2 heterocycles. The molecular weight excluding hydrogens is 355 g/mol. The second kappa shape index (κ2) is 6.44. The van der Waals surface area contributed by atoms with Crippen LogP contribution in [0.25, 0.3) is 0 Å². The zero-order chi connectivity index (χ0) is 14.8. The zero-order valence-electron chi connectivity index (χ0n) is 11.4. The van der Waals surface area contributed by atoms with Crippen molar-refractivity contribution >= 4 is 27.3 Å². The molecule has 0 spiro atoms. The van der Waals surface area contributed by atoms with E-state index in [-0.39, 0.29) is 16.3 Å². The minimum atomic E-state index is -0.443. The van der Waals surface area contributed by atoms with Crippen molar-refractivity contribution in [3.63, 3.8) is 0 Å². The number of thiophene rings is 1. The molecule has 0 radical (unpaired) electrons. The predicted molar refractivity (Wildman–Crippen MR) is 86.4 cm³/mol. The molecule has 112 valence electrons. The number of phenols is 1. The molecule has 0 saturated carbocycles. The summed E-state index contributed by atoms with van der Waals surface area (Å²) in [5.41, 5.74) is 0.743. The predicted octanol–water partition coefficient (Wildman–Crippen LogP) is 3.35. The Hall–Kier alpha value is -0.950. The fraction of sp³-hybridized carbons (Fsp3) is 0.333. The average Bonchev–Trinajstić information content (AvgIpc) is 3.03. The normalized spacial score (nSPS) is 17.8. The van der Waals surface area contributed by atoms with Crippen molar-refractivity contribution in [2.75, 3.05) is 26.2 Å². The molecule has 0 aliphatic carbocycles. The first-order chi connectivity index (χ1) is 10.2. The quantitative estimate of drug-likeness (QED) is 0.869. The van der Waals surface area contributed by atoms with E-state index in [4.69, 9.17) is 0 Å². The van der Waals surface area contributed by atoms with Gasteiger partial charge in [-0.25, -0.2) is 4.39 Å². The number of hydrogen-bond acceptors (Lipinski definition) is 4. The Balaban J connectivity index is 2.05. The molecule has 1 aliphatic heterocycles. The van der Waals surface area contributed by atoms with E-state index in [0.29, 0.717) is 0 Å². The maximum absolute atomic E-state index is 13.6. The molecule has 1 fully saturated rings. The number of piperazine rings is 1. The monoisotopic (exact) mass is 370 g/mol. The molecular formula is C15H16BrFN2OS. The zero-order valence-corrected chi connectivity index (χ0v) is 13.8. The number of aromatic hydroxyl groups is 1. The molecule has 0 unspecified atom stereocenters. The third kappa shape index (κ3) is 2.99. The summed E-state index contributed by atoms with van der Waals surface area (Å²) in [6, 6.07) is 7.12. The summed E-state index contributed by atoms with van der Waals surface area (Å²) in [7, 11) is 0. The van der Waals surface area contributed by atoms with Crippen molar-refractivity contribution in [3.8, 4) is 5.75 Å². The van der Waals surface area contributed by atoms with Crippen LogP contribution in [-0.2, 0) is 0 Å². The van der Waals surface area contributed by atoms with Gasteiger partial charge in [0.05, 0.1) is 10.5 Å². The summed E-state index contributed by atoms with van der Waals surface area (Å²) in [5.74, 6) is -0.451. The first-order valence-electron chi connectivity index (χ1n) is 6.83. The van der Waals surface area contributed by atoms with Crippen LogP contribution in [0.15, 0.2) is 34.1 Å². The van der Waals surface area contributed by atoms with E-state index in [1.807, 2.05) is 11.4 Å². The van der Waals surface area contributed by atoms with Crippen molar-refractivity contribution in [2.45, 2.75) is 6.04 Å². The van der Waals surface area contributed by atoms with Crippen molar-refractivity contribution in [1.29, 1.82) is 0 Å². The molecule has 6 heteroatoms. The molecule has 21 heavy (non-hydrogen) atoms. The van der Waals surface area contributed by atoms with Gasteiger partial charge in [-0.2, -0.15) is 0 Å². The van der Waals surface area contributed by atoms with Crippen LogP contribution >= 0.6 is 27.3 Å². The average molecular weight is 371 g/mol. The third-order valence-electron chi connectivity index (χ3n) is 3.72. The molecule has 1 saturated heterocycles. The molecule has 2 aromatic rings. The van der Waals surface area contributed by atoms with E-state index in [1.165, 1.54) is 6.07 Å². The Labute approximate surface area is 135 Å². The summed E-state index contributed by atoms with van der Waals surface area (Å²) < 4.78 is 13.7. The molecule has 1 atom stereocenters. The van der Waals surface area contributed by atoms with Gasteiger partial charge < -0.3 is 10.4 Å². The van der Waals surface area contributed by atoms with Crippen LogP contribution in [0.3, 0.4) is 0 Å². The Morgan fingerprint density at radius 2 is 2.05 bits per heavy atom. The van der Waals surface area contributed by atoms with Gasteiger partial charge in [0, 0.05) is 36.6 Å². The summed E-state index contributed by atoms with van der Waals surface area (Å²) in [4.78, 5) is 3.48. The Morgan fingerprint density at radius 1 is 1.29 bits per heavy atom. The van der Waals surface area contributed by atoms with E-state index in [9.17, 15) is 9.50 Å². The van der Waals surface area contributed by atoms with Gasteiger partial charge in [-0.1, -0.05) is 12.1 Å². The van der Waals surface area contributed by atoms with Crippen LogP contribution in [-0.4, -0.2) is 36.2 Å². The molecule has 3 nitrogen and oxygen atoms in total. The van der Waals surface area contributed by atoms with Gasteiger partial charge >= 0.3 is 0 Å². The van der Waals surface area contributed by atoms with Crippen molar-refractivity contribution in [1.82, 2.24) is 10.2 Å². The summed E-state index contributed by atoms with van der Waals surface area (Å²) >= 11 is 4.79. The first-order valence-corrected chi connectivity index (χ1v) is 8.51. The maximum Gasteiger partial charge on any atom is 0.141 e. The van der Waals surface area contributed by atoms with Gasteiger partial charge in [0.1, 0.15) is 11.6 Å². The highest BCUT2D eigenvalue weighted by atomic mass is 79.9. The number of nitrogens with one attached hydrogen (secondary N) is 1. The molecule has 1 aromatic heterocycles. The van der Waals surface area contributed by atoms with Gasteiger partial charge in [0.25, 0.3) is 0 Å². The second-order valence-corrected chi connectivity index (χ2v) is 6.78. The fourth-order valence-corrected chi connectivity index (χ4v) is 3.93. The number of hydrogen-bond donors (Lipinski definition) is 2. The first kappa shape index (κ1) is 15.0. The second-order valence-electron chi connectivity index (χ2n) is 5.00. The lowest BCUT2D eigenvalue weighted by Gasteiger charge is -2.35. The lowest BCUT2D eigenvalue weighted by Crippen LogP contribution is -2.45. The van der Waals surface area contributed by atoms with E-state index in [2.05, 4.69) is 32.2 Å². The number of phenolic OH excluding ortho intramolecular Hbond substituents is 1. The van der Waals surface area contributed by atoms with Crippen molar-refractivity contribution in [2.24, 2.45) is 0 Å². The van der Waals surface area contributed by atoms with Crippen LogP contribution in [0, 0.1) is 5.82 Å². The lowest BCUT2D eigenvalue weighted by atomic mass is 10.0. The topological polar surface area (TPSA) is 35.5 Å². The number of halogens is 2. The van der Waals surface area contributed by atoms with E-state index in [1.54, 1.807) is 17.4 Å². The number of benzene rings is 1. The minimum absolute atomic E-state index is 0.00747. The molecule has 1 aromatic carbocycles.